The van der Waals surface area contributed by atoms with E-state index in [4.69, 9.17) is 37.0 Å². The van der Waals surface area contributed by atoms with Gasteiger partial charge < -0.3 is 13.8 Å². The molecule has 1 N–H and O–H groups in total. The molecule has 1 aliphatic heterocycles. The van der Waals surface area contributed by atoms with E-state index < -0.39 is 11.7 Å². The zero-order chi connectivity index (χ0) is 19.4. The molecule has 2 aromatic carbocycles. The Morgan fingerprint density at radius 2 is 2.04 bits per heavy atom. The Labute approximate surface area is 171 Å². The van der Waals surface area contributed by atoms with Crippen molar-refractivity contribution in [1.82, 2.24) is 0 Å². The minimum atomic E-state index is -0.731. The van der Waals surface area contributed by atoms with Crippen molar-refractivity contribution in [3.63, 3.8) is 0 Å². The van der Waals surface area contributed by atoms with E-state index in [0.29, 0.717) is 21.5 Å². The first-order valence-corrected chi connectivity index (χ1v) is 9.43. The molecule has 0 unspecified atom stereocenters. The van der Waals surface area contributed by atoms with Crippen LogP contribution in [0.15, 0.2) is 46.4 Å². The standard InChI is InChI=1S/C18H16Cl2N2O4S/c1-18(2)13-9-11(3-6-16(13)22-17(23)25-18)24-8-7-21-26-27-12-4-5-14(19)15(20)10-12/h3-7,9-10H,8H2,1-2H3,(H,22,23). The minimum Gasteiger partial charge on any atom is -0.488 e. The normalized spacial score (nSPS) is 15.0. The molecule has 1 heterocycles. The summed E-state index contributed by atoms with van der Waals surface area (Å²) in [6.07, 6.45) is 1.03. The molecule has 1 aliphatic rings. The van der Waals surface area contributed by atoms with Crippen molar-refractivity contribution >= 4 is 53.2 Å². The molecular formula is C18H16Cl2N2O4S. The average molecular weight is 427 g/mol. The van der Waals surface area contributed by atoms with Crippen molar-refractivity contribution in [2.75, 3.05) is 11.9 Å². The second kappa shape index (κ2) is 8.29. The van der Waals surface area contributed by atoms with E-state index >= 15 is 0 Å². The van der Waals surface area contributed by atoms with Crippen molar-refractivity contribution in [3.8, 4) is 5.75 Å². The maximum absolute atomic E-state index is 11.5. The zero-order valence-electron chi connectivity index (χ0n) is 14.5. The van der Waals surface area contributed by atoms with Gasteiger partial charge in [0.2, 0.25) is 0 Å². The smallest absolute Gasteiger partial charge is 0.412 e. The highest BCUT2D eigenvalue weighted by molar-refractivity contribution is 7.94. The molecule has 0 spiro atoms. The SMILES string of the molecule is CC1(C)OC(=O)Nc2ccc(OCC=NOSc3ccc(Cl)c(Cl)c3)cc21. The molecule has 142 valence electrons. The first-order valence-electron chi connectivity index (χ1n) is 7.93. The summed E-state index contributed by atoms with van der Waals surface area (Å²) in [5.41, 5.74) is 0.812. The van der Waals surface area contributed by atoms with Gasteiger partial charge in [0.25, 0.3) is 0 Å². The lowest BCUT2D eigenvalue weighted by molar-refractivity contribution is 0.0418. The van der Waals surface area contributed by atoms with Gasteiger partial charge in [-0.2, -0.15) is 0 Å². The van der Waals surface area contributed by atoms with E-state index in [2.05, 4.69) is 10.5 Å². The molecule has 0 bridgehead atoms. The van der Waals surface area contributed by atoms with Crippen LogP contribution in [0.1, 0.15) is 19.4 Å². The fraction of sp³-hybridized carbons (Fsp3) is 0.222. The second-order valence-corrected chi connectivity index (χ2v) is 7.67. The number of rotatable bonds is 6. The van der Waals surface area contributed by atoms with Crippen LogP contribution < -0.4 is 10.1 Å². The molecule has 0 atom stereocenters. The lowest BCUT2D eigenvalue weighted by Gasteiger charge is -2.32. The van der Waals surface area contributed by atoms with Gasteiger partial charge in [0.05, 0.1) is 26.8 Å². The number of amides is 1. The summed E-state index contributed by atoms with van der Waals surface area (Å²) in [5, 5.41) is 7.42. The third-order valence-electron chi connectivity index (χ3n) is 3.69. The van der Waals surface area contributed by atoms with Crippen LogP contribution in [-0.2, 0) is 14.6 Å². The molecule has 0 saturated carbocycles. The highest BCUT2D eigenvalue weighted by Gasteiger charge is 2.33. The largest absolute Gasteiger partial charge is 0.488 e. The molecule has 6 nitrogen and oxygen atoms in total. The van der Waals surface area contributed by atoms with Crippen LogP contribution >= 0.6 is 35.2 Å². The van der Waals surface area contributed by atoms with Crippen molar-refractivity contribution in [3.05, 3.63) is 52.0 Å². The Morgan fingerprint density at radius 3 is 2.81 bits per heavy atom. The van der Waals surface area contributed by atoms with Gasteiger partial charge in [-0.25, -0.2) is 4.79 Å². The van der Waals surface area contributed by atoms with Crippen LogP contribution in [0.3, 0.4) is 0 Å². The predicted molar refractivity (Wildman–Crippen MR) is 107 cm³/mol. The number of oxime groups is 1. The number of hydrogen-bond acceptors (Lipinski definition) is 6. The first-order chi connectivity index (χ1) is 12.8. The molecule has 0 aromatic heterocycles. The Hall–Kier alpha value is -2.09. The Morgan fingerprint density at radius 1 is 1.22 bits per heavy atom. The molecule has 2 aromatic rings. The van der Waals surface area contributed by atoms with E-state index in [1.54, 1.807) is 30.3 Å². The molecular weight excluding hydrogens is 411 g/mol. The molecule has 9 heteroatoms. The maximum Gasteiger partial charge on any atom is 0.412 e. The lowest BCUT2D eigenvalue weighted by atomic mass is 9.94. The molecule has 0 radical (unpaired) electrons. The maximum atomic E-state index is 11.5. The highest BCUT2D eigenvalue weighted by atomic mass is 35.5. The first kappa shape index (κ1) is 19.7. The summed E-state index contributed by atoms with van der Waals surface area (Å²) in [6.45, 7) is 3.86. The number of halogens is 2. The quantitative estimate of drug-likeness (QED) is 0.354. The van der Waals surface area contributed by atoms with Crippen LogP contribution in [0.2, 0.25) is 10.0 Å². The predicted octanol–water partition coefficient (Wildman–Crippen LogP) is 5.88. The molecule has 1 amide bonds. The Kier molecular flexibility index (Phi) is 6.04. The number of cyclic esters (lactones) is 1. The van der Waals surface area contributed by atoms with Crippen LogP contribution in [-0.4, -0.2) is 18.9 Å². The number of benzene rings is 2. The van der Waals surface area contributed by atoms with Gasteiger partial charge in [0, 0.05) is 5.56 Å². The fourth-order valence-corrected chi connectivity index (χ4v) is 3.27. The van der Waals surface area contributed by atoms with Crippen LogP contribution in [0.5, 0.6) is 5.75 Å². The summed E-state index contributed by atoms with van der Waals surface area (Å²) in [5.74, 6) is 0.630. The lowest BCUT2D eigenvalue weighted by Crippen LogP contribution is -2.34. The van der Waals surface area contributed by atoms with E-state index in [-0.39, 0.29) is 6.61 Å². The third kappa shape index (κ3) is 5.00. The monoisotopic (exact) mass is 426 g/mol. The van der Waals surface area contributed by atoms with Gasteiger partial charge in [0.1, 0.15) is 30.0 Å². The molecule has 0 aliphatic carbocycles. The van der Waals surface area contributed by atoms with Crippen molar-refractivity contribution in [1.29, 1.82) is 0 Å². The summed E-state index contributed by atoms with van der Waals surface area (Å²) in [7, 11) is 0. The number of anilines is 1. The van der Waals surface area contributed by atoms with Crippen molar-refractivity contribution < 1.29 is 18.6 Å². The van der Waals surface area contributed by atoms with Gasteiger partial charge in [-0.1, -0.05) is 28.4 Å². The summed E-state index contributed by atoms with van der Waals surface area (Å²) < 4.78 is 16.1. The van der Waals surface area contributed by atoms with Crippen molar-refractivity contribution in [2.45, 2.75) is 24.3 Å². The fourth-order valence-electron chi connectivity index (χ4n) is 2.43. The number of hydrogen-bond donors (Lipinski definition) is 1. The highest BCUT2D eigenvalue weighted by Crippen LogP contribution is 2.37. The second-order valence-electron chi connectivity index (χ2n) is 6.06. The Balaban J connectivity index is 1.51. The zero-order valence-corrected chi connectivity index (χ0v) is 16.8. The number of fused-ring (bicyclic) bond motifs is 1. The van der Waals surface area contributed by atoms with Crippen LogP contribution in [0, 0.1) is 0 Å². The minimum absolute atomic E-state index is 0.217. The summed E-state index contributed by atoms with van der Waals surface area (Å²) >= 11 is 12.8. The topological polar surface area (TPSA) is 69.2 Å². The van der Waals surface area contributed by atoms with Gasteiger partial charge in [-0.15, -0.1) is 0 Å². The van der Waals surface area contributed by atoms with E-state index in [1.807, 2.05) is 19.9 Å². The Bertz CT molecular complexity index is 890. The number of carbonyl (C=O) groups is 1. The number of ether oxygens (including phenoxy) is 2. The van der Waals surface area contributed by atoms with Crippen LogP contribution in [0.4, 0.5) is 10.5 Å². The molecule has 0 fully saturated rings. The third-order valence-corrected chi connectivity index (χ3v) is 5.04. The van der Waals surface area contributed by atoms with Gasteiger partial charge in [-0.3, -0.25) is 5.32 Å². The summed E-state index contributed by atoms with van der Waals surface area (Å²) in [4.78, 5) is 12.3. The molecule has 3 rings (SSSR count). The van der Waals surface area contributed by atoms with E-state index in [1.165, 1.54) is 6.21 Å². The van der Waals surface area contributed by atoms with Crippen LogP contribution in [0.25, 0.3) is 0 Å². The number of carbonyl (C=O) groups excluding carboxylic acids is 1. The average Bonchev–Trinajstić information content (AvgIpc) is 2.60. The van der Waals surface area contributed by atoms with Crippen molar-refractivity contribution in [2.24, 2.45) is 5.16 Å². The molecule has 27 heavy (non-hydrogen) atoms. The van der Waals surface area contributed by atoms with Gasteiger partial charge >= 0.3 is 6.09 Å². The molecule has 0 saturated heterocycles. The number of nitrogens with one attached hydrogen (secondary N) is 1. The number of nitrogens with zero attached hydrogens (tertiary/aromatic N) is 1. The van der Waals surface area contributed by atoms with E-state index in [0.717, 1.165) is 22.5 Å². The summed E-state index contributed by atoms with van der Waals surface area (Å²) in [6, 6.07) is 10.5. The van der Waals surface area contributed by atoms with Gasteiger partial charge in [0.15, 0.2) is 0 Å². The van der Waals surface area contributed by atoms with E-state index in [9.17, 15) is 4.79 Å². The van der Waals surface area contributed by atoms with Gasteiger partial charge in [-0.05, 0) is 50.2 Å².